The Labute approximate surface area is 122 Å². The highest BCUT2D eigenvalue weighted by atomic mass is 35.5. The lowest BCUT2D eigenvalue weighted by Gasteiger charge is -2.26. The van der Waals surface area contributed by atoms with E-state index in [1.807, 2.05) is 0 Å². The molecule has 20 heavy (non-hydrogen) atoms. The van der Waals surface area contributed by atoms with Gasteiger partial charge in [-0.1, -0.05) is 17.7 Å². The van der Waals surface area contributed by atoms with Gasteiger partial charge >= 0.3 is 0 Å². The first-order valence-corrected chi connectivity index (χ1v) is 7.39. The second-order valence-electron chi connectivity index (χ2n) is 5.40. The normalized spacial score (nSPS) is 22.0. The molecule has 1 aliphatic carbocycles. The van der Waals surface area contributed by atoms with Crippen LogP contribution in [0.25, 0.3) is 0 Å². The fraction of sp³-hybridized carbons (Fsp3) is 0.533. The molecule has 0 radical (unpaired) electrons. The van der Waals surface area contributed by atoms with Gasteiger partial charge in [0.05, 0.1) is 6.54 Å². The zero-order valence-corrected chi connectivity index (χ0v) is 11.9. The smallest absolute Gasteiger partial charge is 0.252 e. The summed E-state index contributed by atoms with van der Waals surface area (Å²) < 4.78 is 19.3. The fourth-order valence-electron chi connectivity index (χ4n) is 2.58. The molecule has 1 unspecified atom stereocenters. The van der Waals surface area contributed by atoms with Gasteiger partial charge in [0.1, 0.15) is 11.9 Å². The van der Waals surface area contributed by atoms with Gasteiger partial charge in [0.2, 0.25) is 0 Å². The number of amides is 1. The van der Waals surface area contributed by atoms with E-state index in [1.165, 1.54) is 6.07 Å². The monoisotopic (exact) mass is 297 g/mol. The zero-order chi connectivity index (χ0) is 14.1. The van der Waals surface area contributed by atoms with Crippen LogP contribution in [0.2, 0.25) is 5.02 Å². The number of nitrogens with zero attached hydrogens (tertiary/aromatic N) is 1. The topological polar surface area (TPSA) is 29.5 Å². The van der Waals surface area contributed by atoms with Crippen LogP contribution in [0.4, 0.5) is 4.39 Å². The molecule has 108 valence electrons. The highest BCUT2D eigenvalue weighted by Crippen LogP contribution is 2.32. The van der Waals surface area contributed by atoms with Crippen LogP contribution in [-0.4, -0.2) is 29.6 Å². The lowest BCUT2D eigenvalue weighted by Crippen LogP contribution is -2.40. The summed E-state index contributed by atoms with van der Waals surface area (Å²) in [4.78, 5) is 14.2. The van der Waals surface area contributed by atoms with E-state index >= 15 is 0 Å². The Kier molecular flexibility index (Phi) is 3.94. The Hall–Kier alpha value is -1.13. The van der Waals surface area contributed by atoms with Crippen LogP contribution in [0.1, 0.15) is 31.2 Å². The highest BCUT2D eigenvalue weighted by Gasteiger charge is 2.37. The van der Waals surface area contributed by atoms with Crippen molar-refractivity contribution in [1.82, 2.24) is 4.90 Å². The van der Waals surface area contributed by atoms with Crippen molar-refractivity contribution in [1.29, 1.82) is 0 Å². The van der Waals surface area contributed by atoms with Gasteiger partial charge in [-0.3, -0.25) is 4.79 Å². The van der Waals surface area contributed by atoms with Crippen LogP contribution in [0.15, 0.2) is 18.2 Å². The second-order valence-corrected chi connectivity index (χ2v) is 5.81. The molecule has 5 heteroatoms. The molecule has 3 rings (SSSR count). The number of rotatable bonds is 4. The number of hydrogen-bond donors (Lipinski definition) is 0. The SMILES string of the molecule is O=C(C1CCCO1)N(Cc1c(F)cccc1Cl)C1CC1. The molecular formula is C15H17ClFNO2. The highest BCUT2D eigenvalue weighted by molar-refractivity contribution is 6.31. The number of benzene rings is 1. The molecule has 1 aromatic rings. The molecule has 0 N–H and O–H groups in total. The molecule has 1 amide bonds. The number of carbonyl (C=O) groups is 1. The van der Waals surface area contributed by atoms with Crippen LogP contribution in [-0.2, 0) is 16.1 Å². The molecule has 2 fully saturated rings. The average Bonchev–Trinajstić information content (AvgIpc) is 3.11. The van der Waals surface area contributed by atoms with Crippen molar-refractivity contribution in [3.05, 3.63) is 34.6 Å². The van der Waals surface area contributed by atoms with Crippen molar-refractivity contribution in [3.63, 3.8) is 0 Å². The summed E-state index contributed by atoms with van der Waals surface area (Å²) in [6.45, 7) is 0.865. The number of halogens is 2. The summed E-state index contributed by atoms with van der Waals surface area (Å²) in [5.41, 5.74) is 0.396. The van der Waals surface area contributed by atoms with Crippen molar-refractivity contribution in [2.45, 2.75) is 44.4 Å². The minimum atomic E-state index is -0.360. The van der Waals surface area contributed by atoms with Crippen LogP contribution in [0.5, 0.6) is 0 Å². The van der Waals surface area contributed by atoms with Gasteiger partial charge in [-0.25, -0.2) is 4.39 Å². The van der Waals surface area contributed by atoms with E-state index in [-0.39, 0.29) is 30.4 Å². The summed E-state index contributed by atoms with van der Waals surface area (Å²) in [6, 6.07) is 4.82. The van der Waals surface area contributed by atoms with E-state index in [0.717, 1.165) is 25.7 Å². The van der Waals surface area contributed by atoms with Gasteiger partial charge in [-0.2, -0.15) is 0 Å². The third-order valence-electron chi connectivity index (χ3n) is 3.87. The third kappa shape index (κ3) is 2.81. The molecule has 1 saturated heterocycles. The van der Waals surface area contributed by atoms with Crippen molar-refractivity contribution in [2.24, 2.45) is 0 Å². The Morgan fingerprint density at radius 1 is 1.40 bits per heavy atom. The van der Waals surface area contributed by atoms with E-state index in [1.54, 1.807) is 17.0 Å². The van der Waals surface area contributed by atoms with Gasteiger partial charge in [0.25, 0.3) is 5.91 Å². The standard InChI is InChI=1S/C15H17ClFNO2/c16-12-3-1-4-13(17)11(12)9-18(10-6-7-10)15(19)14-5-2-8-20-14/h1,3-4,10,14H,2,5-9H2. The molecule has 1 aliphatic heterocycles. The van der Waals surface area contributed by atoms with E-state index in [9.17, 15) is 9.18 Å². The molecular weight excluding hydrogens is 281 g/mol. The first kappa shape index (κ1) is 13.8. The molecule has 1 saturated carbocycles. The Balaban J connectivity index is 1.79. The summed E-state index contributed by atoms with van der Waals surface area (Å²) >= 11 is 6.05. The molecule has 0 bridgehead atoms. The van der Waals surface area contributed by atoms with Gasteiger partial charge in [-0.15, -0.1) is 0 Å². The molecule has 1 heterocycles. The molecule has 0 spiro atoms. The van der Waals surface area contributed by atoms with Crippen molar-refractivity contribution < 1.29 is 13.9 Å². The van der Waals surface area contributed by atoms with Crippen LogP contribution in [0.3, 0.4) is 0 Å². The minimum absolute atomic E-state index is 0.0238. The van der Waals surface area contributed by atoms with Gasteiger partial charge in [0.15, 0.2) is 0 Å². The van der Waals surface area contributed by atoms with E-state index in [4.69, 9.17) is 16.3 Å². The first-order chi connectivity index (χ1) is 9.66. The molecule has 2 aliphatic rings. The quantitative estimate of drug-likeness (QED) is 0.854. The molecule has 3 nitrogen and oxygen atoms in total. The van der Waals surface area contributed by atoms with Gasteiger partial charge in [0, 0.05) is 23.2 Å². The lowest BCUT2D eigenvalue weighted by atomic mass is 10.1. The predicted molar refractivity (Wildman–Crippen MR) is 74.0 cm³/mol. The first-order valence-electron chi connectivity index (χ1n) is 7.02. The maximum atomic E-state index is 13.9. The number of ether oxygens (including phenoxy) is 1. The zero-order valence-electron chi connectivity index (χ0n) is 11.1. The number of carbonyl (C=O) groups excluding carboxylic acids is 1. The average molecular weight is 298 g/mol. The van der Waals surface area contributed by atoms with E-state index in [0.29, 0.717) is 17.2 Å². The minimum Gasteiger partial charge on any atom is -0.368 e. The third-order valence-corrected chi connectivity index (χ3v) is 4.22. The Bertz CT molecular complexity index is 492. The van der Waals surface area contributed by atoms with Crippen molar-refractivity contribution >= 4 is 17.5 Å². The van der Waals surface area contributed by atoms with Gasteiger partial charge < -0.3 is 9.64 Å². The maximum Gasteiger partial charge on any atom is 0.252 e. The molecule has 1 aromatic carbocycles. The van der Waals surface area contributed by atoms with E-state index < -0.39 is 0 Å². The van der Waals surface area contributed by atoms with Gasteiger partial charge in [-0.05, 0) is 37.8 Å². The van der Waals surface area contributed by atoms with Crippen molar-refractivity contribution in [2.75, 3.05) is 6.61 Å². The summed E-state index contributed by atoms with van der Waals surface area (Å²) in [5.74, 6) is -0.382. The van der Waals surface area contributed by atoms with E-state index in [2.05, 4.69) is 0 Å². The van der Waals surface area contributed by atoms with Crippen LogP contribution < -0.4 is 0 Å². The van der Waals surface area contributed by atoms with Crippen molar-refractivity contribution in [3.8, 4) is 0 Å². The lowest BCUT2D eigenvalue weighted by molar-refractivity contribution is -0.142. The molecule has 0 aromatic heterocycles. The largest absolute Gasteiger partial charge is 0.368 e. The van der Waals surface area contributed by atoms with Crippen LogP contribution in [0, 0.1) is 5.82 Å². The number of hydrogen-bond acceptors (Lipinski definition) is 2. The summed E-state index contributed by atoms with van der Waals surface area (Å²) in [5, 5.41) is 0.371. The second kappa shape index (κ2) is 5.70. The Morgan fingerprint density at radius 3 is 2.80 bits per heavy atom. The Morgan fingerprint density at radius 2 is 2.20 bits per heavy atom. The predicted octanol–water partition coefficient (Wildman–Crippen LogP) is 3.15. The van der Waals surface area contributed by atoms with Crippen LogP contribution >= 0.6 is 11.6 Å². The fourth-order valence-corrected chi connectivity index (χ4v) is 2.81. The summed E-state index contributed by atoms with van der Waals surface area (Å²) in [7, 11) is 0. The maximum absolute atomic E-state index is 13.9. The summed E-state index contributed by atoms with van der Waals surface area (Å²) in [6.07, 6.45) is 3.26. The molecule has 1 atom stereocenters.